The van der Waals surface area contributed by atoms with E-state index in [0.717, 1.165) is 22.3 Å². The fraction of sp³-hybridized carbons (Fsp3) is 0.600. The zero-order chi connectivity index (χ0) is 15.7. The van der Waals surface area contributed by atoms with Gasteiger partial charge < -0.3 is 5.11 Å². The van der Waals surface area contributed by atoms with Gasteiger partial charge in [0.2, 0.25) is 10.0 Å². The number of benzene rings is 1. The van der Waals surface area contributed by atoms with Gasteiger partial charge >= 0.3 is 0 Å². The van der Waals surface area contributed by atoms with Crippen molar-refractivity contribution in [2.24, 2.45) is 5.92 Å². The summed E-state index contributed by atoms with van der Waals surface area (Å²) in [5, 5.41) is 9.14. The highest BCUT2D eigenvalue weighted by Crippen LogP contribution is 2.26. The normalized spacial score (nSPS) is 15.2. The van der Waals surface area contributed by atoms with Crippen LogP contribution >= 0.6 is 0 Å². The Morgan fingerprint density at radius 3 is 1.95 bits per heavy atom. The number of nitrogens with one attached hydrogen (secondary N) is 1. The van der Waals surface area contributed by atoms with Crippen LogP contribution in [0.3, 0.4) is 0 Å². The summed E-state index contributed by atoms with van der Waals surface area (Å²) in [4.78, 5) is 0.368. The Bertz CT molecular complexity index is 567. The molecular weight excluding hydrogens is 274 g/mol. The first-order valence-corrected chi connectivity index (χ1v) is 8.30. The summed E-state index contributed by atoms with van der Waals surface area (Å²) in [6.45, 7) is 11.0. The molecule has 114 valence electrons. The van der Waals surface area contributed by atoms with Crippen molar-refractivity contribution >= 4 is 10.0 Å². The van der Waals surface area contributed by atoms with Crippen LogP contribution in [0.5, 0.6) is 0 Å². The highest BCUT2D eigenvalue weighted by Gasteiger charge is 2.25. The summed E-state index contributed by atoms with van der Waals surface area (Å²) in [7, 11) is -3.58. The number of hydrogen-bond donors (Lipinski definition) is 2. The van der Waals surface area contributed by atoms with Crippen molar-refractivity contribution in [1.29, 1.82) is 0 Å². The minimum atomic E-state index is -3.58. The largest absolute Gasteiger partial charge is 0.396 e. The Morgan fingerprint density at radius 1 is 1.10 bits per heavy atom. The van der Waals surface area contributed by atoms with Gasteiger partial charge in [-0.25, -0.2) is 13.1 Å². The van der Waals surface area contributed by atoms with E-state index in [0.29, 0.717) is 4.90 Å². The van der Waals surface area contributed by atoms with Crippen LogP contribution in [0.25, 0.3) is 0 Å². The molecule has 0 bridgehead atoms. The van der Waals surface area contributed by atoms with Gasteiger partial charge in [-0.2, -0.15) is 0 Å². The minimum absolute atomic E-state index is 0.0471. The molecule has 0 saturated heterocycles. The van der Waals surface area contributed by atoms with E-state index in [-0.39, 0.29) is 18.6 Å². The second-order valence-electron chi connectivity index (χ2n) is 5.66. The molecule has 0 aliphatic heterocycles. The lowest BCUT2D eigenvalue weighted by atomic mass is 10.0. The van der Waals surface area contributed by atoms with Gasteiger partial charge in [0.15, 0.2) is 0 Å². The van der Waals surface area contributed by atoms with E-state index in [4.69, 9.17) is 5.11 Å². The Labute approximate surface area is 122 Å². The van der Waals surface area contributed by atoms with Crippen molar-refractivity contribution in [3.05, 3.63) is 28.3 Å². The van der Waals surface area contributed by atoms with Crippen LogP contribution in [0, 0.1) is 33.6 Å². The van der Waals surface area contributed by atoms with Crippen LogP contribution in [0.15, 0.2) is 11.0 Å². The lowest BCUT2D eigenvalue weighted by Crippen LogP contribution is -2.39. The van der Waals surface area contributed by atoms with Crippen molar-refractivity contribution in [3.8, 4) is 0 Å². The zero-order valence-corrected chi connectivity index (χ0v) is 13.9. The van der Waals surface area contributed by atoms with Gasteiger partial charge in [0.05, 0.1) is 4.90 Å². The number of aliphatic hydroxyl groups is 1. The van der Waals surface area contributed by atoms with E-state index in [1.54, 1.807) is 6.92 Å². The molecule has 0 radical (unpaired) electrons. The topological polar surface area (TPSA) is 66.4 Å². The van der Waals surface area contributed by atoms with Gasteiger partial charge in [0.25, 0.3) is 0 Å². The first-order valence-electron chi connectivity index (χ1n) is 6.82. The SMILES string of the molecule is Cc1cc(C)c(C)c(S(=O)(=O)NC(C)C(C)CO)c1C. The molecule has 1 rings (SSSR count). The van der Waals surface area contributed by atoms with Gasteiger partial charge in [0, 0.05) is 12.6 Å². The molecule has 0 saturated carbocycles. The Morgan fingerprint density at radius 2 is 1.55 bits per heavy atom. The van der Waals surface area contributed by atoms with Gasteiger partial charge in [-0.1, -0.05) is 13.0 Å². The van der Waals surface area contributed by atoms with Crippen LogP contribution in [0.4, 0.5) is 0 Å². The maximum Gasteiger partial charge on any atom is 0.241 e. The molecule has 5 heteroatoms. The molecule has 2 unspecified atom stereocenters. The van der Waals surface area contributed by atoms with Crippen LogP contribution in [0.2, 0.25) is 0 Å². The molecule has 1 aromatic carbocycles. The first kappa shape index (κ1) is 17.1. The van der Waals surface area contributed by atoms with Gasteiger partial charge in [0.1, 0.15) is 0 Å². The number of rotatable bonds is 5. The average Bonchev–Trinajstić information content (AvgIpc) is 2.34. The highest BCUT2D eigenvalue weighted by atomic mass is 32.2. The van der Waals surface area contributed by atoms with Crippen LogP contribution in [-0.4, -0.2) is 26.2 Å². The van der Waals surface area contributed by atoms with Gasteiger partial charge in [-0.15, -0.1) is 0 Å². The molecule has 0 heterocycles. The van der Waals surface area contributed by atoms with Crippen molar-refractivity contribution in [1.82, 2.24) is 4.72 Å². The summed E-state index contributed by atoms with van der Waals surface area (Å²) in [6.07, 6.45) is 0. The lowest BCUT2D eigenvalue weighted by Gasteiger charge is -2.22. The monoisotopic (exact) mass is 299 g/mol. The van der Waals surface area contributed by atoms with E-state index in [9.17, 15) is 8.42 Å². The van der Waals surface area contributed by atoms with Gasteiger partial charge in [-0.3, -0.25) is 0 Å². The molecule has 0 amide bonds. The predicted octanol–water partition coefficient (Wildman–Crippen LogP) is 2.22. The molecule has 0 fully saturated rings. The van der Waals surface area contributed by atoms with E-state index in [2.05, 4.69) is 4.72 Å². The van der Waals surface area contributed by atoms with Gasteiger partial charge in [-0.05, 0) is 62.8 Å². The third-order valence-corrected chi connectivity index (χ3v) is 5.88. The molecule has 0 aliphatic rings. The number of aryl methyl sites for hydroxylation is 2. The molecule has 4 nitrogen and oxygen atoms in total. The zero-order valence-electron chi connectivity index (χ0n) is 13.1. The van der Waals surface area contributed by atoms with Crippen molar-refractivity contribution in [3.63, 3.8) is 0 Å². The van der Waals surface area contributed by atoms with Crippen molar-refractivity contribution in [2.45, 2.75) is 52.5 Å². The quantitative estimate of drug-likeness (QED) is 0.876. The number of hydrogen-bond acceptors (Lipinski definition) is 3. The summed E-state index contributed by atoms with van der Waals surface area (Å²) >= 11 is 0. The molecule has 0 aromatic heterocycles. The first-order chi connectivity index (χ1) is 9.11. The summed E-state index contributed by atoms with van der Waals surface area (Å²) in [6, 6.07) is 1.69. The Kier molecular flexibility index (Phi) is 5.35. The van der Waals surface area contributed by atoms with Crippen molar-refractivity contribution in [2.75, 3.05) is 6.61 Å². The predicted molar refractivity (Wildman–Crippen MR) is 81.4 cm³/mol. The molecule has 0 aliphatic carbocycles. The number of sulfonamides is 1. The minimum Gasteiger partial charge on any atom is -0.396 e. The second-order valence-corrected chi connectivity index (χ2v) is 7.31. The number of aliphatic hydroxyl groups excluding tert-OH is 1. The molecule has 2 atom stereocenters. The standard InChI is InChI=1S/C15H25NO3S/c1-9-7-10(2)13(5)15(12(9)4)20(18,19)16-14(6)11(3)8-17/h7,11,14,16-17H,8H2,1-6H3. The van der Waals surface area contributed by atoms with E-state index in [1.807, 2.05) is 40.7 Å². The Balaban J connectivity index is 3.30. The fourth-order valence-corrected chi connectivity index (χ4v) is 4.13. The molecule has 20 heavy (non-hydrogen) atoms. The van der Waals surface area contributed by atoms with E-state index < -0.39 is 10.0 Å². The average molecular weight is 299 g/mol. The summed E-state index contributed by atoms with van der Waals surface area (Å²) < 4.78 is 27.9. The molecular formula is C15H25NO3S. The third-order valence-electron chi connectivity index (χ3n) is 4.05. The Hall–Kier alpha value is -0.910. The smallest absolute Gasteiger partial charge is 0.241 e. The maximum atomic E-state index is 12.6. The third kappa shape index (κ3) is 3.40. The maximum absolute atomic E-state index is 12.6. The molecule has 2 N–H and O–H groups in total. The summed E-state index contributed by atoms with van der Waals surface area (Å²) in [5.74, 6) is -0.128. The van der Waals surface area contributed by atoms with Crippen LogP contribution in [0.1, 0.15) is 36.1 Å². The van der Waals surface area contributed by atoms with Crippen LogP contribution < -0.4 is 4.72 Å². The summed E-state index contributed by atoms with van der Waals surface area (Å²) in [5.41, 5.74) is 3.50. The molecule has 0 spiro atoms. The lowest BCUT2D eigenvalue weighted by molar-refractivity contribution is 0.216. The fourth-order valence-electron chi connectivity index (χ4n) is 2.16. The van der Waals surface area contributed by atoms with Crippen LogP contribution in [-0.2, 0) is 10.0 Å². The molecule has 1 aromatic rings. The van der Waals surface area contributed by atoms with E-state index in [1.165, 1.54) is 0 Å². The second kappa shape index (κ2) is 6.24. The highest BCUT2D eigenvalue weighted by molar-refractivity contribution is 7.89. The van der Waals surface area contributed by atoms with Crippen molar-refractivity contribution < 1.29 is 13.5 Å². The van der Waals surface area contributed by atoms with E-state index >= 15 is 0 Å².